The van der Waals surface area contributed by atoms with E-state index in [1.807, 2.05) is 6.07 Å². The first kappa shape index (κ1) is 17.8. The third-order valence-corrected chi connectivity index (χ3v) is 4.52. The quantitative estimate of drug-likeness (QED) is 0.725. The van der Waals surface area contributed by atoms with Gasteiger partial charge < -0.3 is 14.8 Å². The molecule has 0 radical (unpaired) electrons. The van der Waals surface area contributed by atoms with Crippen molar-refractivity contribution in [2.45, 2.75) is 11.5 Å². The molecule has 5 nitrogen and oxygen atoms in total. The Bertz CT molecular complexity index is 710. The molecular formula is C16H17BrN2O3S. The number of hydrogen-bond acceptors (Lipinski definition) is 5. The van der Waals surface area contributed by atoms with E-state index in [4.69, 9.17) is 14.6 Å². The molecule has 0 bridgehead atoms. The number of halogens is 1. The third-order valence-electron chi connectivity index (χ3n) is 3.16. The summed E-state index contributed by atoms with van der Waals surface area (Å²) in [7, 11) is 3.18. The molecule has 0 fully saturated rings. The van der Waals surface area contributed by atoms with Crippen LogP contribution in [-0.2, 0) is 11.3 Å². The molecule has 2 aromatic carbocycles. The molecule has 1 amide bonds. The van der Waals surface area contributed by atoms with E-state index in [-0.39, 0.29) is 5.91 Å². The predicted octanol–water partition coefficient (Wildman–Crippen LogP) is 3.82. The highest BCUT2D eigenvalue weighted by Crippen LogP contribution is 2.29. The van der Waals surface area contributed by atoms with Crippen LogP contribution in [0.4, 0.5) is 5.69 Å². The van der Waals surface area contributed by atoms with E-state index < -0.39 is 0 Å². The van der Waals surface area contributed by atoms with E-state index in [2.05, 4.69) is 21.2 Å². The van der Waals surface area contributed by atoms with E-state index in [0.717, 1.165) is 26.9 Å². The van der Waals surface area contributed by atoms with Crippen molar-refractivity contribution < 1.29 is 14.3 Å². The summed E-state index contributed by atoms with van der Waals surface area (Å²) in [5.74, 6) is 0.413. The van der Waals surface area contributed by atoms with Crippen molar-refractivity contribution in [3.8, 4) is 5.75 Å². The van der Waals surface area contributed by atoms with Crippen LogP contribution in [0.3, 0.4) is 0 Å². The second kappa shape index (κ2) is 8.35. The molecule has 2 rings (SSSR count). The van der Waals surface area contributed by atoms with Crippen molar-refractivity contribution in [1.82, 2.24) is 0 Å². The SMILES string of the molecule is COCc1cc(C(=O)Nc2ccc(SN)c(OC)c2)ccc1Br. The highest BCUT2D eigenvalue weighted by atomic mass is 79.9. The van der Waals surface area contributed by atoms with Crippen LogP contribution >= 0.6 is 27.9 Å². The summed E-state index contributed by atoms with van der Waals surface area (Å²) in [6, 6.07) is 10.7. The topological polar surface area (TPSA) is 73.6 Å². The highest BCUT2D eigenvalue weighted by molar-refractivity contribution is 9.10. The van der Waals surface area contributed by atoms with Crippen molar-refractivity contribution >= 4 is 39.5 Å². The molecule has 0 saturated carbocycles. The number of amides is 1. The Morgan fingerprint density at radius 1 is 1.26 bits per heavy atom. The summed E-state index contributed by atoms with van der Waals surface area (Å²) in [6.07, 6.45) is 0. The van der Waals surface area contributed by atoms with Crippen LogP contribution in [0.25, 0.3) is 0 Å². The molecule has 0 aliphatic carbocycles. The zero-order chi connectivity index (χ0) is 16.8. The van der Waals surface area contributed by atoms with Crippen LogP contribution < -0.4 is 15.2 Å². The molecule has 0 saturated heterocycles. The minimum atomic E-state index is -0.204. The second-order valence-electron chi connectivity index (χ2n) is 4.68. The Morgan fingerprint density at radius 2 is 2.04 bits per heavy atom. The van der Waals surface area contributed by atoms with Gasteiger partial charge in [0.05, 0.1) is 18.6 Å². The summed E-state index contributed by atoms with van der Waals surface area (Å²) in [5.41, 5.74) is 2.10. The normalized spacial score (nSPS) is 10.4. The molecule has 3 N–H and O–H groups in total. The molecule has 0 aromatic heterocycles. The van der Waals surface area contributed by atoms with Crippen LogP contribution in [0.5, 0.6) is 5.75 Å². The van der Waals surface area contributed by atoms with Crippen molar-refractivity contribution in [3.63, 3.8) is 0 Å². The predicted molar refractivity (Wildman–Crippen MR) is 95.8 cm³/mol. The van der Waals surface area contributed by atoms with Gasteiger partial charge in [0.2, 0.25) is 0 Å². The summed E-state index contributed by atoms with van der Waals surface area (Å²) in [4.78, 5) is 13.2. The van der Waals surface area contributed by atoms with Gasteiger partial charge in [0.15, 0.2) is 0 Å². The zero-order valence-corrected chi connectivity index (χ0v) is 15.2. The number of nitrogens with two attached hydrogens (primary N) is 1. The Hall–Kier alpha value is -1.54. The monoisotopic (exact) mass is 396 g/mol. The summed E-state index contributed by atoms with van der Waals surface area (Å²) < 4.78 is 11.3. The van der Waals surface area contributed by atoms with Crippen LogP contribution in [0, 0.1) is 0 Å². The van der Waals surface area contributed by atoms with Gasteiger partial charge in [0, 0.05) is 28.9 Å². The number of methoxy groups -OCH3 is 2. The number of carbonyl (C=O) groups is 1. The molecule has 0 atom stereocenters. The molecule has 23 heavy (non-hydrogen) atoms. The van der Waals surface area contributed by atoms with Gasteiger partial charge in [-0.1, -0.05) is 15.9 Å². The van der Waals surface area contributed by atoms with Gasteiger partial charge in [-0.3, -0.25) is 9.93 Å². The Labute approximate surface area is 147 Å². The van der Waals surface area contributed by atoms with Crippen LogP contribution in [0.1, 0.15) is 15.9 Å². The summed E-state index contributed by atoms with van der Waals surface area (Å²) in [6.45, 7) is 0.429. The number of anilines is 1. The molecule has 122 valence electrons. The average molecular weight is 397 g/mol. The third kappa shape index (κ3) is 4.48. The lowest BCUT2D eigenvalue weighted by atomic mass is 10.1. The summed E-state index contributed by atoms with van der Waals surface area (Å²) in [5, 5.41) is 8.41. The van der Waals surface area contributed by atoms with Crippen molar-refractivity contribution in [3.05, 3.63) is 52.0 Å². The molecule has 2 aromatic rings. The van der Waals surface area contributed by atoms with Gasteiger partial charge in [0.1, 0.15) is 5.75 Å². The van der Waals surface area contributed by atoms with Gasteiger partial charge in [0.25, 0.3) is 5.91 Å². The second-order valence-corrected chi connectivity index (χ2v) is 6.21. The fourth-order valence-corrected chi connectivity index (χ4v) is 2.79. The Kier molecular flexibility index (Phi) is 6.47. The smallest absolute Gasteiger partial charge is 0.255 e. The molecule has 0 spiro atoms. The molecule has 7 heteroatoms. The Morgan fingerprint density at radius 3 is 2.70 bits per heavy atom. The lowest BCUT2D eigenvalue weighted by Crippen LogP contribution is -2.12. The number of ether oxygens (including phenoxy) is 2. The fourth-order valence-electron chi connectivity index (χ4n) is 2.03. The molecular weight excluding hydrogens is 380 g/mol. The van der Waals surface area contributed by atoms with E-state index in [0.29, 0.717) is 23.6 Å². The number of carbonyl (C=O) groups excluding carboxylic acids is 1. The number of nitrogens with one attached hydrogen (secondary N) is 1. The van der Waals surface area contributed by atoms with Gasteiger partial charge in [-0.05, 0) is 47.8 Å². The van der Waals surface area contributed by atoms with Crippen LogP contribution in [-0.4, -0.2) is 20.1 Å². The maximum Gasteiger partial charge on any atom is 0.255 e. The fraction of sp³-hybridized carbons (Fsp3) is 0.188. The first-order chi connectivity index (χ1) is 11.1. The van der Waals surface area contributed by atoms with Crippen LogP contribution in [0.15, 0.2) is 45.8 Å². The van der Waals surface area contributed by atoms with Crippen molar-refractivity contribution in [2.75, 3.05) is 19.5 Å². The first-order valence-electron chi connectivity index (χ1n) is 6.72. The molecule has 0 unspecified atom stereocenters. The van der Waals surface area contributed by atoms with Gasteiger partial charge in [-0.25, -0.2) is 0 Å². The maximum atomic E-state index is 12.4. The molecule has 0 aliphatic rings. The van der Waals surface area contributed by atoms with E-state index in [1.165, 1.54) is 0 Å². The minimum absolute atomic E-state index is 0.204. The number of rotatable bonds is 6. The maximum absolute atomic E-state index is 12.4. The lowest BCUT2D eigenvalue weighted by Gasteiger charge is -2.11. The zero-order valence-electron chi connectivity index (χ0n) is 12.8. The minimum Gasteiger partial charge on any atom is -0.495 e. The van der Waals surface area contributed by atoms with Gasteiger partial charge in [-0.15, -0.1) is 0 Å². The van der Waals surface area contributed by atoms with Crippen molar-refractivity contribution in [1.29, 1.82) is 0 Å². The summed E-state index contributed by atoms with van der Waals surface area (Å²) >= 11 is 4.54. The lowest BCUT2D eigenvalue weighted by molar-refractivity contribution is 0.102. The molecule has 0 heterocycles. The largest absolute Gasteiger partial charge is 0.495 e. The van der Waals surface area contributed by atoms with Crippen LogP contribution in [0.2, 0.25) is 0 Å². The van der Waals surface area contributed by atoms with E-state index >= 15 is 0 Å². The molecule has 0 aliphatic heterocycles. The number of hydrogen-bond donors (Lipinski definition) is 2. The van der Waals surface area contributed by atoms with Crippen molar-refractivity contribution in [2.24, 2.45) is 5.14 Å². The van der Waals surface area contributed by atoms with Gasteiger partial charge in [-0.2, -0.15) is 0 Å². The van der Waals surface area contributed by atoms with E-state index in [1.54, 1.807) is 44.6 Å². The first-order valence-corrected chi connectivity index (χ1v) is 8.39. The standard InChI is InChI=1S/C16H17BrN2O3S/c1-21-9-11-7-10(3-5-13(11)17)16(20)19-12-4-6-15(23-18)14(8-12)22-2/h3-8H,9,18H2,1-2H3,(H,19,20). The Balaban J connectivity index is 2.20. The van der Waals surface area contributed by atoms with Gasteiger partial charge >= 0.3 is 0 Å². The average Bonchev–Trinajstić information content (AvgIpc) is 2.56. The van der Waals surface area contributed by atoms with E-state index in [9.17, 15) is 4.79 Å². The highest BCUT2D eigenvalue weighted by Gasteiger charge is 2.11. The number of benzene rings is 2.